The molecule has 0 saturated carbocycles. The van der Waals surface area contributed by atoms with E-state index in [1.54, 1.807) is 0 Å². The average Bonchev–Trinajstić information content (AvgIpc) is 2.12. The number of aryl methyl sites for hydroxylation is 2. The van der Waals surface area contributed by atoms with Crippen LogP contribution in [0.25, 0.3) is 0 Å². The summed E-state index contributed by atoms with van der Waals surface area (Å²) < 4.78 is 14.5. The summed E-state index contributed by atoms with van der Waals surface area (Å²) in [5.74, 6) is 0. The normalized spacial score (nSPS) is 24.2. The lowest BCUT2D eigenvalue weighted by atomic mass is 9.76. The van der Waals surface area contributed by atoms with Crippen molar-refractivity contribution in [1.82, 2.24) is 9.62 Å². The highest BCUT2D eigenvalue weighted by atomic mass is 32.2. The molecule has 3 nitrogen and oxygen atoms in total. The Morgan fingerprint density at radius 1 is 1.29 bits per heavy atom. The Bertz CT molecular complexity index is 437. The van der Waals surface area contributed by atoms with Crippen molar-refractivity contribution in [3.63, 3.8) is 0 Å². The molecular weight excluding hydrogens is 232 g/mol. The average molecular weight is 250 g/mol. The fourth-order valence-corrected chi connectivity index (χ4v) is 4.23. The van der Waals surface area contributed by atoms with E-state index >= 15 is 0 Å². The topological polar surface area (TPSA) is 38.3 Å². The summed E-state index contributed by atoms with van der Waals surface area (Å²) in [6.45, 7) is 8.24. The third kappa shape index (κ3) is 1.89. The van der Waals surface area contributed by atoms with Crippen LogP contribution in [0.1, 0.15) is 11.1 Å². The van der Waals surface area contributed by atoms with Crippen molar-refractivity contribution in [2.45, 2.75) is 18.7 Å². The first-order valence-electron chi connectivity index (χ1n) is 6.05. The molecule has 2 fully saturated rings. The second kappa shape index (κ2) is 3.99. The maximum atomic E-state index is 12.4. The van der Waals surface area contributed by atoms with Crippen molar-refractivity contribution < 1.29 is 4.55 Å². The summed E-state index contributed by atoms with van der Waals surface area (Å²) in [7, 11) is 0. The minimum atomic E-state index is -0.970. The van der Waals surface area contributed by atoms with E-state index < -0.39 is 11.4 Å². The molecule has 1 aromatic carbocycles. The predicted molar refractivity (Wildman–Crippen MR) is 69.2 cm³/mol. The summed E-state index contributed by atoms with van der Waals surface area (Å²) in [6.07, 6.45) is 0. The largest absolute Gasteiger partial charge is 0.593 e. The second-order valence-corrected chi connectivity index (χ2v) is 6.87. The van der Waals surface area contributed by atoms with Crippen LogP contribution in [0, 0.1) is 19.3 Å². The molecule has 2 heterocycles. The highest BCUT2D eigenvalue weighted by molar-refractivity contribution is 7.89. The zero-order valence-corrected chi connectivity index (χ0v) is 11.1. The van der Waals surface area contributed by atoms with Crippen molar-refractivity contribution >= 4 is 11.4 Å². The molecule has 2 aliphatic heterocycles. The molecule has 2 aliphatic rings. The van der Waals surface area contributed by atoms with Crippen LogP contribution >= 0.6 is 0 Å². The van der Waals surface area contributed by atoms with Crippen LogP contribution in [-0.2, 0) is 11.4 Å². The Kier molecular flexibility index (Phi) is 2.70. The molecule has 0 bridgehead atoms. The van der Waals surface area contributed by atoms with Crippen LogP contribution in [0.5, 0.6) is 0 Å². The maximum Gasteiger partial charge on any atom is 0.177 e. The van der Waals surface area contributed by atoms with Crippen molar-refractivity contribution in [2.24, 2.45) is 5.41 Å². The molecule has 0 radical (unpaired) electrons. The molecule has 2 saturated heterocycles. The second-order valence-electron chi connectivity index (χ2n) is 5.42. The zero-order valence-electron chi connectivity index (χ0n) is 10.3. The van der Waals surface area contributed by atoms with Crippen molar-refractivity contribution in [3.05, 3.63) is 29.3 Å². The van der Waals surface area contributed by atoms with Crippen LogP contribution in [0.15, 0.2) is 23.1 Å². The highest BCUT2D eigenvalue weighted by Crippen LogP contribution is 2.38. The van der Waals surface area contributed by atoms with Gasteiger partial charge in [0.15, 0.2) is 4.90 Å². The van der Waals surface area contributed by atoms with Gasteiger partial charge in [-0.05, 0) is 19.9 Å². The first kappa shape index (κ1) is 11.5. The number of hydrogen-bond donors (Lipinski definition) is 1. The van der Waals surface area contributed by atoms with E-state index in [1.165, 1.54) is 5.56 Å². The summed E-state index contributed by atoms with van der Waals surface area (Å²) in [6, 6.07) is 6.15. The van der Waals surface area contributed by atoms with E-state index in [1.807, 2.05) is 19.1 Å². The van der Waals surface area contributed by atoms with Crippen LogP contribution in [0.4, 0.5) is 0 Å². The molecular formula is C13H18N2OS. The number of hydrogen-bond acceptors (Lipinski definition) is 3. The van der Waals surface area contributed by atoms with Gasteiger partial charge in [-0.25, -0.2) is 0 Å². The van der Waals surface area contributed by atoms with Gasteiger partial charge in [-0.2, -0.15) is 0 Å². The Morgan fingerprint density at radius 3 is 2.53 bits per heavy atom. The number of rotatable bonds is 2. The summed E-state index contributed by atoms with van der Waals surface area (Å²) in [4.78, 5) is 0.970. The molecule has 1 spiro atoms. The Hall–Kier alpha value is -0.550. The first-order valence-corrected chi connectivity index (χ1v) is 7.15. The monoisotopic (exact) mass is 250 g/mol. The van der Waals surface area contributed by atoms with Gasteiger partial charge in [0.1, 0.15) is 0 Å². The molecule has 3 rings (SSSR count). The SMILES string of the molecule is Cc1ccc([S+]([O-])N2CC3(CNC3)C2)c(C)c1. The molecule has 1 N–H and O–H groups in total. The van der Waals surface area contributed by atoms with Gasteiger partial charge in [0.2, 0.25) is 0 Å². The Morgan fingerprint density at radius 2 is 2.00 bits per heavy atom. The van der Waals surface area contributed by atoms with E-state index in [0.29, 0.717) is 5.41 Å². The van der Waals surface area contributed by atoms with E-state index in [4.69, 9.17) is 0 Å². The summed E-state index contributed by atoms with van der Waals surface area (Å²) in [5, 5.41) is 3.30. The standard InChI is InChI=1S/C13H18N2OS/c1-10-3-4-12(11(2)5-10)17(16)15-8-13(9-15)6-14-7-13/h3-5,14H,6-9H2,1-2H3. The fourth-order valence-electron chi connectivity index (χ4n) is 2.66. The van der Waals surface area contributed by atoms with Crippen molar-refractivity contribution in [1.29, 1.82) is 0 Å². The molecule has 92 valence electrons. The maximum absolute atomic E-state index is 12.4. The van der Waals surface area contributed by atoms with Gasteiger partial charge in [-0.1, -0.05) is 17.7 Å². The van der Waals surface area contributed by atoms with Gasteiger partial charge in [-0.3, -0.25) is 0 Å². The van der Waals surface area contributed by atoms with Gasteiger partial charge in [0.05, 0.1) is 24.5 Å². The van der Waals surface area contributed by atoms with Crippen molar-refractivity contribution in [3.8, 4) is 0 Å². The Labute approximate surface area is 106 Å². The Balaban J connectivity index is 1.72. The third-order valence-corrected chi connectivity index (χ3v) is 5.34. The lowest BCUT2D eigenvalue weighted by molar-refractivity contribution is 0.0164. The zero-order chi connectivity index (χ0) is 12.0. The van der Waals surface area contributed by atoms with Gasteiger partial charge >= 0.3 is 0 Å². The van der Waals surface area contributed by atoms with Crippen LogP contribution < -0.4 is 5.32 Å². The van der Waals surface area contributed by atoms with Gasteiger partial charge in [-0.15, -0.1) is 4.31 Å². The van der Waals surface area contributed by atoms with Crippen LogP contribution in [-0.4, -0.2) is 35.0 Å². The number of benzene rings is 1. The number of nitrogens with zero attached hydrogens (tertiary/aromatic N) is 1. The summed E-state index contributed by atoms with van der Waals surface area (Å²) >= 11 is -0.970. The van der Waals surface area contributed by atoms with E-state index in [0.717, 1.165) is 36.6 Å². The highest BCUT2D eigenvalue weighted by Gasteiger charge is 2.52. The lowest BCUT2D eigenvalue weighted by Crippen LogP contribution is -2.71. The molecule has 17 heavy (non-hydrogen) atoms. The minimum absolute atomic E-state index is 0.439. The van der Waals surface area contributed by atoms with Gasteiger partial charge < -0.3 is 9.87 Å². The third-order valence-electron chi connectivity index (χ3n) is 3.78. The molecule has 0 amide bonds. The molecule has 1 aromatic rings. The summed E-state index contributed by atoms with van der Waals surface area (Å²) in [5.41, 5.74) is 2.80. The first-order chi connectivity index (χ1) is 8.10. The van der Waals surface area contributed by atoms with E-state index in [-0.39, 0.29) is 0 Å². The van der Waals surface area contributed by atoms with Crippen LogP contribution in [0.2, 0.25) is 0 Å². The molecule has 4 heteroatoms. The van der Waals surface area contributed by atoms with Crippen LogP contribution in [0.3, 0.4) is 0 Å². The van der Waals surface area contributed by atoms with Crippen molar-refractivity contribution in [2.75, 3.05) is 26.2 Å². The molecule has 0 aromatic heterocycles. The van der Waals surface area contributed by atoms with E-state index in [2.05, 4.69) is 22.6 Å². The molecule has 1 unspecified atom stereocenters. The smallest absolute Gasteiger partial charge is 0.177 e. The minimum Gasteiger partial charge on any atom is -0.593 e. The molecule has 1 atom stereocenters. The number of nitrogens with one attached hydrogen (secondary N) is 1. The van der Waals surface area contributed by atoms with Gasteiger partial charge in [0.25, 0.3) is 0 Å². The molecule has 0 aliphatic carbocycles. The quantitative estimate of drug-likeness (QED) is 0.802. The fraction of sp³-hybridized carbons (Fsp3) is 0.538. The van der Waals surface area contributed by atoms with Gasteiger partial charge in [0, 0.05) is 24.1 Å². The van der Waals surface area contributed by atoms with E-state index in [9.17, 15) is 4.55 Å². The predicted octanol–water partition coefficient (Wildman–Crippen LogP) is 1.23. The lowest BCUT2D eigenvalue weighted by Gasteiger charge is -2.54.